The average molecular weight is 294 g/mol. The SMILES string of the molecule is CC(c1ccc2cc(N(C)CC[18F])ccc2c1)C(C#N)C#N. The third-order valence-electron chi connectivity index (χ3n) is 4.01. The summed E-state index contributed by atoms with van der Waals surface area (Å²) in [5.41, 5.74) is 1.95. The van der Waals surface area contributed by atoms with Crippen molar-refractivity contribution in [3.8, 4) is 12.1 Å². The molecule has 3 nitrogen and oxygen atoms in total. The first-order valence-corrected chi connectivity index (χ1v) is 7.20. The largest absolute Gasteiger partial charge is 0.372 e. The van der Waals surface area contributed by atoms with Gasteiger partial charge < -0.3 is 4.90 Å². The van der Waals surface area contributed by atoms with Gasteiger partial charge in [0.1, 0.15) is 12.6 Å². The van der Waals surface area contributed by atoms with E-state index in [0.717, 1.165) is 22.0 Å². The predicted molar refractivity (Wildman–Crippen MR) is 86.3 cm³/mol. The summed E-state index contributed by atoms with van der Waals surface area (Å²) in [5.74, 6) is -0.777. The highest BCUT2D eigenvalue weighted by Crippen LogP contribution is 2.28. The number of nitrogens with zero attached hydrogens (tertiary/aromatic N) is 3. The van der Waals surface area contributed by atoms with Crippen molar-refractivity contribution in [3.05, 3.63) is 42.0 Å². The van der Waals surface area contributed by atoms with Crippen molar-refractivity contribution in [1.29, 1.82) is 10.5 Å². The maximum atomic E-state index is 12.4. The first-order chi connectivity index (χ1) is 10.6. The van der Waals surface area contributed by atoms with Crippen LogP contribution >= 0.6 is 0 Å². The summed E-state index contributed by atoms with van der Waals surface area (Å²) in [6.45, 7) is 1.88. The van der Waals surface area contributed by atoms with Gasteiger partial charge in [0.05, 0.1) is 12.1 Å². The first-order valence-electron chi connectivity index (χ1n) is 7.20. The number of anilines is 1. The molecule has 0 aliphatic carbocycles. The van der Waals surface area contributed by atoms with Crippen molar-refractivity contribution in [2.24, 2.45) is 5.92 Å². The lowest BCUT2D eigenvalue weighted by molar-refractivity contribution is 0.497. The molecule has 2 aromatic carbocycles. The lowest BCUT2D eigenvalue weighted by atomic mass is 9.88. The van der Waals surface area contributed by atoms with Gasteiger partial charge in [0, 0.05) is 25.2 Å². The fourth-order valence-electron chi connectivity index (χ4n) is 2.47. The molecule has 1 unspecified atom stereocenters. The number of hydrogen-bond acceptors (Lipinski definition) is 3. The Balaban J connectivity index is 2.35. The maximum Gasteiger partial charge on any atom is 0.139 e. The number of nitriles is 2. The fourth-order valence-corrected chi connectivity index (χ4v) is 2.47. The second-order valence-corrected chi connectivity index (χ2v) is 5.43. The monoisotopic (exact) mass is 294 g/mol. The van der Waals surface area contributed by atoms with E-state index in [9.17, 15) is 4.39 Å². The van der Waals surface area contributed by atoms with Gasteiger partial charge in [0.2, 0.25) is 0 Å². The van der Waals surface area contributed by atoms with Crippen molar-refractivity contribution in [1.82, 2.24) is 0 Å². The summed E-state index contributed by atoms with van der Waals surface area (Å²) in [7, 11) is 1.86. The molecule has 0 aliphatic heterocycles. The summed E-state index contributed by atoms with van der Waals surface area (Å²) in [5, 5.41) is 20.1. The molecule has 0 N–H and O–H groups in total. The molecule has 112 valence electrons. The molecule has 2 aromatic rings. The van der Waals surface area contributed by atoms with Crippen LogP contribution in [0.3, 0.4) is 0 Å². The van der Waals surface area contributed by atoms with E-state index in [1.165, 1.54) is 0 Å². The predicted octanol–water partition coefficient (Wildman–Crippen LogP) is 4.01. The summed E-state index contributed by atoms with van der Waals surface area (Å²) in [6.07, 6.45) is 0. The Morgan fingerprint density at radius 3 is 2.36 bits per heavy atom. The van der Waals surface area contributed by atoms with Crippen molar-refractivity contribution in [2.75, 3.05) is 25.2 Å². The van der Waals surface area contributed by atoms with Crippen LogP contribution < -0.4 is 4.90 Å². The van der Waals surface area contributed by atoms with Gasteiger partial charge in [-0.25, -0.2) is 4.39 Å². The van der Waals surface area contributed by atoms with Gasteiger partial charge in [-0.05, 0) is 28.5 Å². The third kappa shape index (κ3) is 3.18. The number of hydrogen-bond donors (Lipinski definition) is 0. The summed E-state index contributed by atoms with van der Waals surface area (Å²) >= 11 is 0. The minimum atomic E-state index is -0.646. The Kier molecular flexibility index (Phi) is 4.96. The van der Waals surface area contributed by atoms with Crippen molar-refractivity contribution < 1.29 is 4.39 Å². The second kappa shape index (κ2) is 6.91. The zero-order valence-corrected chi connectivity index (χ0v) is 12.8. The second-order valence-electron chi connectivity index (χ2n) is 5.43. The van der Waals surface area contributed by atoms with Crippen LogP contribution in [-0.4, -0.2) is 20.3 Å². The van der Waals surface area contributed by atoms with Crippen molar-refractivity contribution in [2.45, 2.75) is 12.8 Å². The summed E-state index contributed by atoms with van der Waals surface area (Å²) in [6, 6.07) is 16.0. The topological polar surface area (TPSA) is 50.8 Å². The molecule has 0 aliphatic rings. The van der Waals surface area contributed by atoms with Gasteiger partial charge in [0.25, 0.3) is 0 Å². The number of halogens is 1. The Bertz CT molecular complexity index is 728. The molecule has 0 saturated heterocycles. The van der Waals surface area contributed by atoms with Crippen LogP contribution in [0.1, 0.15) is 18.4 Å². The molecular weight excluding hydrogens is 276 g/mol. The highest BCUT2D eigenvalue weighted by atomic mass is 18.2. The normalized spacial score (nSPS) is 11.9. The van der Waals surface area contributed by atoms with Gasteiger partial charge in [-0.2, -0.15) is 10.5 Å². The Hall–Kier alpha value is -2.59. The molecule has 0 radical (unpaired) electrons. The van der Waals surface area contributed by atoms with Crippen molar-refractivity contribution in [3.63, 3.8) is 0 Å². The lowest BCUT2D eigenvalue weighted by Gasteiger charge is -2.18. The molecule has 0 heterocycles. The zero-order chi connectivity index (χ0) is 16.1. The highest BCUT2D eigenvalue weighted by Gasteiger charge is 2.18. The minimum Gasteiger partial charge on any atom is -0.372 e. The number of fused-ring (bicyclic) bond motifs is 1. The van der Waals surface area contributed by atoms with Gasteiger partial charge in [0.15, 0.2) is 0 Å². The number of benzene rings is 2. The lowest BCUT2D eigenvalue weighted by Crippen LogP contribution is -2.19. The van der Waals surface area contributed by atoms with Crippen LogP contribution in [0.4, 0.5) is 10.1 Å². The van der Waals surface area contributed by atoms with Gasteiger partial charge >= 0.3 is 0 Å². The van der Waals surface area contributed by atoms with E-state index in [1.54, 1.807) is 0 Å². The van der Waals surface area contributed by atoms with Crippen LogP contribution in [0.5, 0.6) is 0 Å². The van der Waals surface area contributed by atoms with Crippen molar-refractivity contribution >= 4 is 16.5 Å². The van der Waals surface area contributed by atoms with Crippen LogP contribution in [0.25, 0.3) is 10.8 Å². The Morgan fingerprint density at radius 1 is 1.09 bits per heavy atom. The van der Waals surface area contributed by atoms with E-state index in [-0.39, 0.29) is 12.6 Å². The molecule has 0 fully saturated rings. The molecule has 22 heavy (non-hydrogen) atoms. The van der Waals surface area contributed by atoms with Crippen LogP contribution in [-0.2, 0) is 0 Å². The molecule has 4 heteroatoms. The van der Waals surface area contributed by atoms with Gasteiger partial charge in [-0.1, -0.05) is 31.2 Å². The zero-order valence-electron chi connectivity index (χ0n) is 12.8. The maximum absolute atomic E-state index is 12.4. The standard InChI is InChI=1S/C18H18FN3/c1-13(17(11-20)12-21)14-3-4-16-10-18(22(2)8-7-19)6-5-15(16)9-14/h3-6,9-10,13,17H,7-8H2,1-2H3/i19-1. The highest BCUT2D eigenvalue weighted by molar-refractivity contribution is 5.86. The Morgan fingerprint density at radius 2 is 1.73 bits per heavy atom. The third-order valence-corrected chi connectivity index (χ3v) is 4.01. The molecule has 0 aromatic heterocycles. The van der Waals surface area contributed by atoms with E-state index in [0.29, 0.717) is 6.54 Å². The van der Waals surface area contributed by atoms with E-state index < -0.39 is 5.92 Å². The van der Waals surface area contributed by atoms with E-state index >= 15 is 0 Å². The molecule has 1 atom stereocenters. The molecule has 2 rings (SSSR count). The fraction of sp³-hybridized carbons (Fsp3) is 0.333. The molecule has 0 bridgehead atoms. The smallest absolute Gasteiger partial charge is 0.139 e. The van der Waals surface area contributed by atoms with Gasteiger partial charge in [-0.3, -0.25) is 0 Å². The van der Waals surface area contributed by atoms with E-state index in [4.69, 9.17) is 10.5 Å². The summed E-state index contributed by atoms with van der Waals surface area (Å²) in [4.78, 5) is 1.87. The van der Waals surface area contributed by atoms with Gasteiger partial charge in [-0.15, -0.1) is 0 Å². The molecular formula is C18H18FN3. The first kappa shape index (κ1) is 15.8. The van der Waals surface area contributed by atoms with Crippen LogP contribution in [0.15, 0.2) is 36.4 Å². The number of rotatable bonds is 5. The quantitative estimate of drug-likeness (QED) is 0.837. The van der Waals surface area contributed by atoms with E-state index in [1.807, 2.05) is 67.4 Å². The Labute approximate surface area is 130 Å². The number of alkyl halides is 1. The van der Waals surface area contributed by atoms with Crippen LogP contribution in [0.2, 0.25) is 0 Å². The van der Waals surface area contributed by atoms with E-state index in [2.05, 4.69) is 0 Å². The summed E-state index contributed by atoms with van der Waals surface area (Å²) < 4.78 is 12.4. The average Bonchev–Trinajstić information content (AvgIpc) is 2.55. The molecule has 0 saturated carbocycles. The minimum absolute atomic E-state index is 0.131. The van der Waals surface area contributed by atoms with Crippen LogP contribution in [0, 0.1) is 28.6 Å². The molecule has 0 spiro atoms. The molecule has 0 amide bonds.